The van der Waals surface area contributed by atoms with Crippen LogP contribution in [0.3, 0.4) is 0 Å². The minimum absolute atomic E-state index is 0.343. The zero-order valence-corrected chi connectivity index (χ0v) is 10.6. The number of carbonyl (C=O) groups excluding carboxylic acids is 3. The number of hydrogen-bond acceptors (Lipinski definition) is 6. The van der Waals surface area contributed by atoms with Gasteiger partial charge in [-0.15, -0.1) is 0 Å². The fourth-order valence-corrected chi connectivity index (χ4v) is 1.29. The summed E-state index contributed by atoms with van der Waals surface area (Å²) in [6.45, 7) is 2.70. The van der Waals surface area contributed by atoms with Crippen LogP contribution in [0.25, 0.3) is 0 Å². The molecule has 6 nitrogen and oxygen atoms in total. The smallest absolute Gasteiger partial charge is 0.331 e. The normalized spacial score (nSPS) is 10.9. The molecule has 18 heavy (non-hydrogen) atoms. The molecule has 0 saturated carbocycles. The molecular formula is C12H18N2O4. The van der Waals surface area contributed by atoms with Gasteiger partial charge in [-0.05, 0) is 25.7 Å². The van der Waals surface area contributed by atoms with Crippen molar-refractivity contribution in [3.63, 3.8) is 0 Å². The predicted molar refractivity (Wildman–Crippen MR) is 64.6 cm³/mol. The lowest BCUT2D eigenvalue weighted by molar-refractivity contribution is -0.145. The van der Waals surface area contributed by atoms with Gasteiger partial charge in [-0.1, -0.05) is 13.3 Å². The summed E-state index contributed by atoms with van der Waals surface area (Å²) in [7, 11) is 0. The van der Waals surface area contributed by atoms with Crippen LogP contribution >= 0.6 is 0 Å². The highest BCUT2D eigenvalue weighted by Crippen LogP contribution is 2.07. The van der Waals surface area contributed by atoms with E-state index in [1.54, 1.807) is 0 Å². The second-order valence-electron chi connectivity index (χ2n) is 3.73. The van der Waals surface area contributed by atoms with Gasteiger partial charge in [0.1, 0.15) is 0 Å². The zero-order valence-electron chi connectivity index (χ0n) is 10.6. The molecule has 1 unspecified atom stereocenters. The summed E-state index contributed by atoms with van der Waals surface area (Å²) in [6.07, 6.45) is 6.20. The molecule has 0 aliphatic heterocycles. The third-order valence-corrected chi connectivity index (χ3v) is 2.28. The molecule has 0 spiro atoms. The van der Waals surface area contributed by atoms with Gasteiger partial charge in [0.15, 0.2) is 6.04 Å². The maximum Gasteiger partial charge on any atom is 0.331 e. The monoisotopic (exact) mass is 254 g/mol. The summed E-state index contributed by atoms with van der Waals surface area (Å²) in [5.74, 6) is -0.495. The SMILES string of the molecule is CCCCOC(=O)C(CCCCN=C=O)N=C=O. The van der Waals surface area contributed by atoms with Crippen LogP contribution in [-0.4, -0.2) is 37.3 Å². The van der Waals surface area contributed by atoms with E-state index in [0.29, 0.717) is 32.4 Å². The van der Waals surface area contributed by atoms with E-state index in [9.17, 15) is 14.4 Å². The van der Waals surface area contributed by atoms with Crippen LogP contribution in [0.2, 0.25) is 0 Å². The van der Waals surface area contributed by atoms with Crippen LogP contribution < -0.4 is 0 Å². The number of rotatable bonds is 10. The van der Waals surface area contributed by atoms with Crippen molar-refractivity contribution >= 4 is 18.1 Å². The Labute approximate surface area is 106 Å². The molecule has 0 amide bonds. The maximum absolute atomic E-state index is 11.5. The number of isocyanates is 2. The van der Waals surface area contributed by atoms with E-state index in [1.807, 2.05) is 6.92 Å². The Kier molecular flexibility index (Phi) is 10.6. The number of aliphatic imine (C=N–C) groups is 2. The summed E-state index contributed by atoms with van der Waals surface area (Å²) in [6, 6.07) is -0.792. The Bertz CT molecular complexity index is 331. The van der Waals surface area contributed by atoms with Crippen LogP contribution in [0.5, 0.6) is 0 Å². The van der Waals surface area contributed by atoms with E-state index in [4.69, 9.17) is 4.74 Å². The van der Waals surface area contributed by atoms with Gasteiger partial charge in [-0.3, -0.25) is 0 Å². The summed E-state index contributed by atoms with van der Waals surface area (Å²) >= 11 is 0. The molecule has 1 atom stereocenters. The van der Waals surface area contributed by atoms with E-state index < -0.39 is 12.0 Å². The minimum atomic E-state index is -0.792. The first-order valence-electron chi connectivity index (χ1n) is 6.03. The van der Waals surface area contributed by atoms with Crippen molar-refractivity contribution < 1.29 is 19.1 Å². The number of unbranched alkanes of at least 4 members (excludes halogenated alkanes) is 2. The Morgan fingerprint density at radius 2 is 2.00 bits per heavy atom. The van der Waals surface area contributed by atoms with Gasteiger partial charge < -0.3 is 4.74 Å². The summed E-state index contributed by atoms with van der Waals surface area (Å²) in [5.41, 5.74) is 0. The second-order valence-corrected chi connectivity index (χ2v) is 3.73. The van der Waals surface area contributed by atoms with Crippen LogP contribution in [0.15, 0.2) is 9.98 Å². The number of nitrogens with zero attached hydrogens (tertiary/aromatic N) is 2. The highest BCUT2D eigenvalue weighted by Gasteiger charge is 2.18. The fraction of sp³-hybridized carbons (Fsp3) is 0.750. The van der Waals surface area contributed by atoms with Crippen molar-refractivity contribution in [2.75, 3.05) is 13.2 Å². The molecular weight excluding hydrogens is 236 g/mol. The molecule has 0 aromatic rings. The second kappa shape index (κ2) is 11.7. The van der Waals surface area contributed by atoms with E-state index in [1.165, 1.54) is 12.2 Å². The molecule has 0 N–H and O–H groups in total. The van der Waals surface area contributed by atoms with Gasteiger partial charge in [0.2, 0.25) is 12.2 Å². The molecule has 0 aromatic carbocycles. The molecule has 0 aliphatic rings. The highest BCUT2D eigenvalue weighted by atomic mass is 16.5. The van der Waals surface area contributed by atoms with Gasteiger partial charge in [-0.25, -0.2) is 19.4 Å². The van der Waals surface area contributed by atoms with Crippen molar-refractivity contribution in [2.24, 2.45) is 9.98 Å². The first kappa shape index (κ1) is 16.2. The molecule has 0 fully saturated rings. The van der Waals surface area contributed by atoms with E-state index >= 15 is 0 Å². The molecule has 100 valence electrons. The molecule has 0 bridgehead atoms. The number of ether oxygens (including phenoxy) is 1. The van der Waals surface area contributed by atoms with Crippen molar-refractivity contribution in [1.82, 2.24) is 0 Å². The van der Waals surface area contributed by atoms with Crippen molar-refractivity contribution in [3.8, 4) is 0 Å². The maximum atomic E-state index is 11.5. The molecule has 0 aromatic heterocycles. The van der Waals surface area contributed by atoms with E-state index in [-0.39, 0.29) is 0 Å². The van der Waals surface area contributed by atoms with Gasteiger partial charge in [-0.2, -0.15) is 4.99 Å². The van der Waals surface area contributed by atoms with Crippen molar-refractivity contribution in [1.29, 1.82) is 0 Å². The van der Waals surface area contributed by atoms with Crippen LogP contribution in [0.4, 0.5) is 0 Å². The first-order chi connectivity index (χ1) is 8.76. The molecule has 0 heterocycles. The quantitative estimate of drug-likeness (QED) is 0.256. The third-order valence-electron chi connectivity index (χ3n) is 2.28. The molecule has 0 aliphatic carbocycles. The Hall–Kier alpha value is -1.77. The number of esters is 1. The van der Waals surface area contributed by atoms with Gasteiger partial charge in [0.25, 0.3) is 0 Å². The zero-order chi connectivity index (χ0) is 13.6. The van der Waals surface area contributed by atoms with Crippen LogP contribution in [-0.2, 0) is 19.1 Å². The average Bonchev–Trinajstić information content (AvgIpc) is 2.37. The Balaban J connectivity index is 4.00. The topological polar surface area (TPSA) is 85.2 Å². The number of hydrogen-bond donors (Lipinski definition) is 0. The minimum Gasteiger partial charge on any atom is -0.464 e. The van der Waals surface area contributed by atoms with Crippen LogP contribution in [0.1, 0.15) is 39.0 Å². The predicted octanol–water partition coefficient (Wildman–Crippen LogP) is 1.54. The lowest BCUT2D eigenvalue weighted by Crippen LogP contribution is -2.22. The van der Waals surface area contributed by atoms with Crippen molar-refractivity contribution in [3.05, 3.63) is 0 Å². The molecule has 0 radical (unpaired) electrons. The first-order valence-corrected chi connectivity index (χ1v) is 6.03. The molecule has 0 rings (SSSR count). The fourth-order valence-electron chi connectivity index (χ4n) is 1.29. The largest absolute Gasteiger partial charge is 0.464 e. The molecule has 6 heteroatoms. The van der Waals surface area contributed by atoms with Gasteiger partial charge >= 0.3 is 5.97 Å². The van der Waals surface area contributed by atoms with Crippen LogP contribution in [0, 0.1) is 0 Å². The standard InChI is InChI=1S/C12H18N2O4/c1-2-3-8-18-12(17)11(14-10-16)6-4-5-7-13-9-15/h11H,2-8H2,1H3. The highest BCUT2D eigenvalue weighted by molar-refractivity contribution is 5.76. The van der Waals surface area contributed by atoms with E-state index in [0.717, 1.165) is 12.8 Å². The van der Waals surface area contributed by atoms with Gasteiger partial charge in [0, 0.05) is 0 Å². The lowest BCUT2D eigenvalue weighted by Gasteiger charge is -2.09. The lowest BCUT2D eigenvalue weighted by atomic mass is 10.1. The third kappa shape index (κ3) is 8.39. The van der Waals surface area contributed by atoms with E-state index in [2.05, 4.69) is 9.98 Å². The summed E-state index contributed by atoms with van der Waals surface area (Å²) in [5, 5.41) is 0. The molecule has 0 saturated heterocycles. The van der Waals surface area contributed by atoms with Gasteiger partial charge in [0.05, 0.1) is 13.2 Å². The van der Waals surface area contributed by atoms with Crippen molar-refractivity contribution in [2.45, 2.75) is 45.1 Å². The summed E-state index contributed by atoms with van der Waals surface area (Å²) < 4.78 is 4.98. The number of carbonyl (C=O) groups is 1. The Morgan fingerprint density at radius 3 is 2.61 bits per heavy atom. The Morgan fingerprint density at radius 1 is 1.22 bits per heavy atom. The summed E-state index contributed by atoms with van der Waals surface area (Å²) in [4.78, 5) is 38.4. The average molecular weight is 254 g/mol.